The van der Waals surface area contributed by atoms with Crippen LogP contribution >= 0.6 is 0 Å². The van der Waals surface area contributed by atoms with E-state index in [1.54, 1.807) is 12.3 Å². The molecule has 0 saturated heterocycles. The van der Waals surface area contributed by atoms with Crippen molar-refractivity contribution in [2.75, 3.05) is 18.5 Å². The van der Waals surface area contributed by atoms with Gasteiger partial charge in [-0.1, -0.05) is 6.92 Å². The lowest BCUT2D eigenvalue weighted by Crippen LogP contribution is -2.32. The molecule has 5 heteroatoms. The monoisotopic (exact) mass is 251 g/mol. The number of rotatable bonds is 4. The lowest BCUT2D eigenvalue weighted by atomic mass is 10.2. The molecule has 100 valence electrons. The lowest BCUT2D eigenvalue weighted by Gasteiger charge is -2.20. The number of aliphatic hydroxyl groups excluding tert-OH is 1. The van der Waals surface area contributed by atoms with Gasteiger partial charge in [0.1, 0.15) is 0 Å². The second-order valence-electron chi connectivity index (χ2n) is 4.98. The van der Waals surface area contributed by atoms with Crippen LogP contribution in [0.4, 0.5) is 5.69 Å². The summed E-state index contributed by atoms with van der Waals surface area (Å²) < 4.78 is 1.43. The summed E-state index contributed by atoms with van der Waals surface area (Å²) in [5.74, 6) is 0. The molecule has 1 aromatic heterocycles. The number of anilines is 1. The van der Waals surface area contributed by atoms with Crippen LogP contribution in [0.3, 0.4) is 0 Å². The third kappa shape index (κ3) is 2.56. The van der Waals surface area contributed by atoms with Crippen LogP contribution in [0.15, 0.2) is 17.1 Å². The third-order valence-corrected chi connectivity index (χ3v) is 3.57. The molecule has 1 aliphatic carbocycles. The number of aromatic nitrogens is 2. The number of hydrogen-bond donors (Lipinski definition) is 1. The summed E-state index contributed by atoms with van der Waals surface area (Å²) in [6, 6.07) is 1.45. The first kappa shape index (κ1) is 13.1. The van der Waals surface area contributed by atoms with E-state index in [0.29, 0.717) is 0 Å². The van der Waals surface area contributed by atoms with Crippen LogP contribution in [0.5, 0.6) is 0 Å². The van der Waals surface area contributed by atoms with E-state index in [9.17, 15) is 9.90 Å². The minimum atomic E-state index is -0.436. The second-order valence-corrected chi connectivity index (χ2v) is 4.98. The molecular weight excluding hydrogens is 230 g/mol. The van der Waals surface area contributed by atoms with Gasteiger partial charge < -0.3 is 10.0 Å². The number of nitrogens with zero attached hydrogens (tertiary/aromatic N) is 3. The minimum Gasteiger partial charge on any atom is -0.391 e. The molecule has 0 spiro atoms. The molecule has 0 aliphatic heterocycles. The molecule has 2 rings (SSSR count). The van der Waals surface area contributed by atoms with Crippen LogP contribution < -0.4 is 10.5 Å². The van der Waals surface area contributed by atoms with Gasteiger partial charge in [0.25, 0.3) is 5.56 Å². The molecule has 1 N–H and O–H groups in total. The van der Waals surface area contributed by atoms with E-state index in [1.807, 2.05) is 11.9 Å². The van der Waals surface area contributed by atoms with Gasteiger partial charge in [0.05, 0.1) is 24.0 Å². The van der Waals surface area contributed by atoms with Gasteiger partial charge in [0.2, 0.25) is 0 Å². The molecule has 0 unspecified atom stereocenters. The fourth-order valence-corrected chi connectivity index (χ4v) is 2.54. The summed E-state index contributed by atoms with van der Waals surface area (Å²) in [4.78, 5) is 14.1. The van der Waals surface area contributed by atoms with Crippen molar-refractivity contribution in [2.45, 2.75) is 44.8 Å². The first-order valence-corrected chi connectivity index (χ1v) is 6.61. The van der Waals surface area contributed by atoms with Gasteiger partial charge in [0.15, 0.2) is 0 Å². The molecule has 0 bridgehead atoms. The van der Waals surface area contributed by atoms with Crippen molar-refractivity contribution >= 4 is 5.69 Å². The van der Waals surface area contributed by atoms with Gasteiger partial charge >= 0.3 is 0 Å². The zero-order valence-corrected chi connectivity index (χ0v) is 11.0. The van der Waals surface area contributed by atoms with Gasteiger partial charge in [0, 0.05) is 19.7 Å². The predicted molar refractivity (Wildman–Crippen MR) is 71.0 cm³/mol. The normalized spacial score (nSPS) is 23.3. The van der Waals surface area contributed by atoms with Crippen molar-refractivity contribution in [2.24, 2.45) is 0 Å². The summed E-state index contributed by atoms with van der Waals surface area (Å²) in [5, 5.41) is 14.0. The highest BCUT2D eigenvalue weighted by atomic mass is 16.3. The topological polar surface area (TPSA) is 58.4 Å². The van der Waals surface area contributed by atoms with E-state index < -0.39 is 6.10 Å². The van der Waals surface area contributed by atoms with Crippen LogP contribution in [-0.4, -0.2) is 34.6 Å². The van der Waals surface area contributed by atoms with E-state index >= 15 is 0 Å². The predicted octanol–water partition coefficient (Wildman–Crippen LogP) is 1.18. The average Bonchev–Trinajstić information content (AvgIpc) is 2.75. The SMILES string of the molecule is CCCN(C)c1cnn([C@H]2CCC[C@@H]2O)c(=O)c1. The van der Waals surface area contributed by atoms with E-state index in [4.69, 9.17) is 0 Å². The van der Waals surface area contributed by atoms with E-state index in [-0.39, 0.29) is 11.6 Å². The molecule has 1 saturated carbocycles. The van der Waals surface area contributed by atoms with Gasteiger partial charge in [-0.05, 0) is 25.7 Å². The summed E-state index contributed by atoms with van der Waals surface area (Å²) in [6.45, 7) is 3.00. The number of aliphatic hydroxyl groups is 1. The maximum atomic E-state index is 12.0. The highest BCUT2D eigenvalue weighted by Crippen LogP contribution is 2.28. The van der Waals surface area contributed by atoms with Crippen molar-refractivity contribution < 1.29 is 5.11 Å². The molecule has 0 amide bonds. The Morgan fingerprint density at radius 3 is 2.89 bits per heavy atom. The third-order valence-electron chi connectivity index (χ3n) is 3.57. The van der Waals surface area contributed by atoms with Crippen molar-refractivity contribution in [1.29, 1.82) is 0 Å². The van der Waals surface area contributed by atoms with E-state index in [0.717, 1.165) is 37.9 Å². The Hall–Kier alpha value is -1.36. The fourth-order valence-electron chi connectivity index (χ4n) is 2.54. The van der Waals surface area contributed by atoms with Crippen molar-refractivity contribution in [1.82, 2.24) is 9.78 Å². The smallest absolute Gasteiger partial charge is 0.269 e. The molecule has 18 heavy (non-hydrogen) atoms. The van der Waals surface area contributed by atoms with Gasteiger partial charge in [-0.15, -0.1) is 0 Å². The molecule has 0 radical (unpaired) electrons. The van der Waals surface area contributed by atoms with Gasteiger partial charge in [-0.25, -0.2) is 4.68 Å². The molecule has 0 aromatic carbocycles. The summed E-state index contributed by atoms with van der Waals surface area (Å²) >= 11 is 0. The summed E-state index contributed by atoms with van der Waals surface area (Å²) in [5.41, 5.74) is 0.715. The first-order valence-electron chi connectivity index (χ1n) is 6.61. The molecule has 1 heterocycles. The van der Waals surface area contributed by atoms with Gasteiger partial charge in [-0.3, -0.25) is 4.79 Å². The molecule has 1 aliphatic rings. The Morgan fingerprint density at radius 1 is 1.56 bits per heavy atom. The molecule has 2 atom stereocenters. The molecule has 1 fully saturated rings. The maximum absolute atomic E-state index is 12.0. The zero-order chi connectivity index (χ0) is 13.1. The van der Waals surface area contributed by atoms with E-state index in [2.05, 4.69) is 12.0 Å². The van der Waals surface area contributed by atoms with Crippen LogP contribution in [0.25, 0.3) is 0 Å². The Labute approximate surface area is 107 Å². The van der Waals surface area contributed by atoms with E-state index in [1.165, 1.54) is 4.68 Å². The molecule has 5 nitrogen and oxygen atoms in total. The highest BCUT2D eigenvalue weighted by Gasteiger charge is 2.28. The summed E-state index contributed by atoms with van der Waals surface area (Å²) in [6.07, 6.45) is 4.85. The molecular formula is C13H21N3O2. The van der Waals surface area contributed by atoms with Crippen LogP contribution in [0.1, 0.15) is 38.6 Å². The zero-order valence-electron chi connectivity index (χ0n) is 11.0. The van der Waals surface area contributed by atoms with Gasteiger partial charge in [-0.2, -0.15) is 5.10 Å². The first-order chi connectivity index (χ1) is 8.63. The van der Waals surface area contributed by atoms with Crippen LogP contribution in [-0.2, 0) is 0 Å². The molecule has 1 aromatic rings. The largest absolute Gasteiger partial charge is 0.391 e. The highest BCUT2D eigenvalue weighted by molar-refractivity contribution is 5.41. The standard InChI is InChI=1S/C13H21N3O2/c1-3-7-15(2)10-8-13(18)16(14-9-10)11-5-4-6-12(11)17/h8-9,11-12,17H,3-7H2,1-2H3/t11-,12-/m0/s1. The Bertz CT molecular complexity index is 458. The second kappa shape index (κ2) is 5.52. The van der Waals surface area contributed by atoms with Crippen molar-refractivity contribution in [3.63, 3.8) is 0 Å². The Morgan fingerprint density at radius 2 is 2.33 bits per heavy atom. The van der Waals surface area contributed by atoms with Crippen LogP contribution in [0.2, 0.25) is 0 Å². The quantitative estimate of drug-likeness (QED) is 0.873. The fraction of sp³-hybridized carbons (Fsp3) is 0.692. The minimum absolute atomic E-state index is 0.124. The van der Waals surface area contributed by atoms with Crippen molar-refractivity contribution in [3.05, 3.63) is 22.6 Å². The maximum Gasteiger partial charge on any atom is 0.269 e. The average molecular weight is 251 g/mol. The van der Waals surface area contributed by atoms with Crippen LogP contribution in [0, 0.1) is 0 Å². The van der Waals surface area contributed by atoms with Crippen molar-refractivity contribution in [3.8, 4) is 0 Å². The Balaban J connectivity index is 2.22. The number of hydrogen-bond acceptors (Lipinski definition) is 4. The lowest BCUT2D eigenvalue weighted by molar-refractivity contribution is 0.127. The Kier molecular flexibility index (Phi) is 4.01. The summed E-state index contributed by atoms with van der Waals surface area (Å²) in [7, 11) is 1.95.